The van der Waals surface area contributed by atoms with Crippen LogP contribution in [0.3, 0.4) is 0 Å². The van der Waals surface area contributed by atoms with Crippen LogP contribution in [0.4, 0.5) is 11.4 Å². The minimum absolute atomic E-state index is 0.0879. The zero-order chi connectivity index (χ0) is 17.0. The van der Waals surface area contributed by atoms with Crippen molar-refractivity contribution in [3.05, 3.63) is 50.9 Å². The van der Waals surface area contributed by atoms with E-state index in [0.717, 1.165) is 29.9 Å². The van der Waals surface area contributed by atoms with Crippen LogP contribution in [0.5, 0.6) is 0 Å². The van der Waals surface area contributed by atoms with Crippen molar-refractivity contribution in [2.45, 2.75) is 33.6 Å². The van der Waals surface area contributed by atoms with E-state index in [4.69, 9.17) is 4.52 Å². The molecule has 122 valence electrons. The molecule has 0 aliphatic rings. The number of benzene rings is 1. The number of nitrogens with zero attached hydrogens (tertiary/aromatic N) is 2. The van der Waals surface area contributed by atoms with Gasteiger partial charge in [-0.1, -0.05) is 5.16 Å². The molecule has 0 saturated carbocycles. The maximum absolute atomic E-state index is 11.3. The molecule has 0 aliphatic carbocycles. The highest BCUT2D eigenvalue weighted by atomic mass is 16.6. The van der Waals surface area contributed by atoms with Gasteiger partial charge in [-0.3, -0.25) is 14.9 Å². The van der Waals surface area contributed by atoms with E-state index in [1.807, 2.05) is 13.8 Å². The number of nitrogens with one attached hydrogen (secondary N) is 1. The van der Waals surface area contributed by atoms with Gasteiger partial charge in [-0.25, -0.2) is 0 Å². The fourth-order valence-corrected chi connectivity index (χ4v) is 2.40. The first-order chi connectivity index (χ1) is 10.9. The van der Waals surface area contributed by atoms with Gasteiger partial charge in [-0.2, -0.15) is 0 Å². The molecule has 7 nitrogen and oxygen atoms in total. The first-order valence-electron chi connectivity index (χ1n) is 7.35. The molecular weight excluding hydrogens is 298 g/mol. The SMILES string of the molecule is CC(=O)c1ccc(NCCCc2c(C)noc2C)c([N+](=O)[O-])c1. The number of carbonyl (C=O) groups is 1. The molecule has 0 atom stereocenters. The molecule has 2 aromatic rings. The Morgan fingerprint density at radius 3 is 2.70 bits per heavy atom. The maximum atomic E-state index is 11.3. The van der Waals surface area contributed by atoms with E-state index in [9.17, 15) is 14.9 Å². The monoisotopic (exact) mass is 317 g/mol. The topological polar surface area (TPSA) is 98.3 Å². The fraction of sp³-hybridized carbons (Fsp3) is 0.375. The molecule has 0 bridgehead atoms. The molecule has 7 heteroatoms. The average molecular weight is 317 g/mol. The second kappa shape index (κ2) is 7.04. The van der Waals surface area contributed by atoms with Crippen molar-refractivity contribution in [2.75, 3.05) is 11.9 Å². The highest BCUT2D eigenvalue weighted by Crippen LogP contribution is 2.26. The van der Waals surface area contributed by atoms with Crippen molar-refractivity contribution in [1.82, 2.24) is 5.16 Å². The third-order valence-electron chi connectivity index (χ3n) is 3.70. The summed E-state index contributed by atoms with van der Waals surface area (Å²) in [5.74, 6) is 0.609. The number of nitro benzene ring substituents is 1. The van der Waals surface area contributed by atoms with Crippen LogP contribution in [0.1, 0.15) is 40.7 Å². The molecule has 2 rings (SSSR count). The van der Waals surface area contributed by atoms with Crippen LogP contribution >= 0.6 is 0 Å². The quantitative estimate of drug-likeness (QED) is 0.363. The van der Waals surface area contributed by atoms with Gasteiger partial charge in [0.2, 0.25) is 0 Å². The molecule has 0 spiro atoms. The van der Waals surface area contributed by atoms with Crippen molar-refractivity contribution in [2.24, 2.45) is 0 Å². The van der Waals surface area contributed by atoms with Crippen LogP contribution in [0.25, 0.3) is 0 Å². The van der Waals surface area contributed by atoms with Gasteiger partial charge in [0.15, 0.2) is 5.78 Å². The Balaban J connectivity index is 2.00. The Kier molecular flexibility index (Phi) is 5.10. The van der Waals surface area contributed by atoms with Crippen molar-refractivity contribution in [1.29, 1.82) is 0 Å². The molecule has 0 radical (unpaired) electrons. The molecular formula is C16H19N3O4. The first kappa shape index (κ1) is 16.7. The zero-order valence-corrected chi connectivity index (χ0v) is 13.4. The number of hydrogen-bond donors (Lipinski definition) is 1. The second-order valence-corrected chi connectivity index (χ2v) is 5.38. The average Bonchev–Trinajstić information content (AvgIpc) is 2.82. The molecule has 0 fully saturated rings. The molecule has 0 unspecified atom stereocenters. The van der Waals surface area contributed by atoms with Crippen molar-refractivity contribution >= 4 is 17.2 Å². The molecule has 23 heavy (non-hydrogen) atoms. The highest BCUT2D eigenvalue weighted by molar-refractivity contribution is 5.95. The summed E-state index contributed by atoms with van der Waals surface area (Å²) in [5, 5.41) is 18.1. The molecule has 1 aromatic heterocycles. The normalized spacial score (nSPS) is 10.6. The summed E-state index contributed by atoms with van der Waals surface area (Å²) in [4.78, 5) is 22.0. The fourth-order valence-electron chi connectivity index (χ4n) is 2.40. The third-order valence-corrected chi connectivity index (χ3v) is 3.70. The van der Waals surface area contributed by atoms with Gasteiger partial charge in [0, 0.05) is 23.7 Å². The molecule has 1 N–H and O–H groups in total. The highest BCUT2D eigenvalue weighted by Gasteiger charge is 2.16. The molecule has 0 aliphatic heterocycles. The maximum Gasteiger partial charge on any atom is 0.293 e. The van der Waals surface area contributed by atoms with Gasteiger partial charge in [0.1, 0.15) is 11.4 Å². The first-order valence-corrected chi connectivity index (χ1v) is 7.35. The summed E-state index contributed by atoms with van der Waals surface area (Å²) in [5.41, 5.74) is 2.61. The summed E-state index contributed by atoms with van der Waals surface area (Å²) in [6, 6.07) is 4.47. The molecule has 1 aromatic carbocycles. The van der Waals surface area contributed by atoms with Crippen LogP contribution < -0.4 is 5.32 Å². The van der Waals surface area contributed by atoms with E-state index < -0.39 is 4.92 Å². The number of carbonyl (C=O) groups excluding carboxylic acids is 1. The molecule has 0 amide bonds. The summed E-state index contributed by atoms with van der Waals surface area (Å²) in [6.07, 6.45) is 1.57. The van der Waals surface area contributed by atoms with Crippen molar-refractivity contribution in [3.8, 4) is 0 Å². The number of anilines is 1. The van der Waals surface area contributed by atoms with E-state index in [2.05, 4.69) is 10.5 Å². The van der Waals surface area contributed by atoms with Gasteiger partial charge in [0.25, 0.3) is 5.69 Å². The van der Waals surface area contributed by atoms with Gasteiger partial charge in [-0.15, -0.1) is 0 Å². The van der Waals surface area contributed by atoms with Gasteiger partial charge < -0.3 is 9.84 Å². The second-order valence-electron chi connectivity index (χ2n) is 5.38. The van der Waals surface area contributed by atoms with E-state index in [1.54, 1.807) is 12.1 Å². The zero-order valence-electron chi connectivity index (χ0n) is 13.4. The number of aryl methyl sites for hydroxylation is 2. The Bertz CT molecular complexity index is 717. The Labute approximate surface area is 133 Å². The van der Waals surface area contributed by atoms with E-state index >= 15 is 0 Å². The van der Waals surface area contributed by atoms with Crippen LogP contribution in [0.15, 0.2) is 22.7 Å². The molecule has 1 heterocycles. The third kappa shape index (κ3) is 3.94. The number of hydrogen-bond acceptors (Lipinski definition) is 6. The predicted octanol–water partition coefficient (Wildman–Crippen LogP) is 3.45. The van der Waals surface area contributed by atoms with Crippen LogP contribution in [0.2, 0.25) is 0 Å². The lowest BCUT2D eigenvalue weighted by atomic mass is 10.1. The van der Waals surface area contributed by atoms with Crippen LogP contribution in [-0.4, -0.2) is 22.4 Å². The summed E-state index contributed by atoms with van der Waals surface area (Å²) >= 11 is 0. The number of ketones is 1. The van der Waals surface area contributed by atoms with E-state index in [-0.39, 0.29) is 11.5 Å². The van der Waals surface area contributed by atoms with Gasteiger partial charge >= 0.3 is 0 Å². The summed E-state index contributed by atoms with van der Waals surface area (Å²) in [7, 11) is 0. The molecule has 0 saturated heterocycles. The number of aromatic nitrogens is 1. The smallest absolute Gasteiger partial charge is 0.293 e. The van der Waals surface area contributed by atoms with Crippen molar-refractivity contribution < 1.29 is 14.2 Å². The van der Waals surface area contributed by atoms with Crippen molar-refractivity contribution in [3.63, 3.8) is 0 Å². The summed E-state index contributed by atoms with van der Waals surface area (Å²) < 4.78 is 5.11. The lowest BCUT2D eigenvalue weighted by Crippen LogP contribution is -2.07. The number of Topliss-reactive ketones (excluding diaryl/α,β-unsaturated/α-hetero) is 1. The van der Waals surface area contributed by atoms with E-state index in [0.29, 0.717) is 17.8 Å². The van der Waals surface area contributed by atoms with Crippen LogP contribution in [-0.2, 0) is 6.42 Å². The van der Waals surface area contributed by atoms with Crippen LogP contribution in [0, 0.1) is 24.0 Å². The van der Waals surface area contributed by atoms with Gasteiger partial charge in [0.05, 0.1) is 10.6 Å². The van der Waals surface area contributed by atoms with Gasteiger partial charge in [-0.05, 0) is 45.7 Å². The minimum atomic E-state index is -0.483. The predicted molar refractivity (Wildman–Crippen MR) is 85.9 cm³/mol. The summed E-state index contributed by atoms with van der Waals surface area (Å²) in [6.45, 7) is 5.72. The lowest BCUT2D eigenvalue weighted by Gasteiger charge is -2.08. The standard InChI is InChI=1S/C16H19N3O4/c1-10-14(12(3)23-18-10)5-4-8-17-15-7-6-13(11(2)20)9-16(15)19(21)22/h6-7,9,17H,4-5,8H2,1-3H3. The largest absolute Gasteiger partial charge is 0.379 e. The Morgan fingerprint density at radius 2 is 2.13 bits per heavy atom. The van der Waals surface area contributed by atoms with E-state index in [1.165, 1.54) is 13.0 Å². The Morgan fingerprint density at radius 1 is 1.39 bits per heavy atom. The number of nitro groups is 1. The lowest BCUT2D eigenvalue weighted by molar-refractivity contribution is -0.384. The minimum Gasteiger partial charge on any atom is -0.379 e. The Hall–Kier alpha value is -2.70. The number of rotatable bonds is 7.